The molecule has 0 unspecified atom stereocenters. The molecule has 2 aromatic heterocycles. The van der Waals surface area contributed by atoms with Gasteiger partial charge in [-0.05, 0) is 49.2 Å². The maximum Gasteiger partial charge on any atom is 0.260 e. The summed E-state index contributed by atoms with van der Waals surface area (Å²) in [5.74, 6) is 0.920. The lowest BCUT2D eigenvalue weighted by atomic mass is 10.1. The molecule has 2 heterocycles. The molecule has 0 radical (unpaired) electrons. The molecule has 0 fully saturated rings. The van der Waals surface area contributed by atoms with Gasteiger partial charge < -0.3 is 14.0 Å². The lowest BCUT2D eigenvalue weighted by molar-refractivity contribution is 0.0986. The third-order valence-electron chi connectivity index (χ3n) is 5.10. The summed E-state index contributed by atoms with van der Waals surface area (Å²) >= 11 is 7.69. The van der Waals surface area contributed by atoms with E-state index in [-0.39, 0.29) is 5.91 Å². The Labute approximate surface area is 195 Å². The first kappa shape index (κ1) is 22.1. The smallest absolute Gasteiger partial charge is 0.260 e. The van der Waals surface area contributed by atoms with Gasteiger partial charge in [-0.1, -0.05) is 22.9 Å². The zero-order chi connectivity index (χ0) is 22.7. The van der Waals surface area contributed by atoms with Crippen LogP contribution in [0.4, 0.5) is 5.13 Å². The van der Waals surface area contributed by atoms with Gasteiger partial charge in [-0.2, -0.15) is 0 Å². The van der Waals surface area contributed by atoms with Crippen molar-refractivity contribution in [1.82, 2.24) is 14.5 Å². The molecule has 9 heteroatoms. The van der Waals surface area contributed by atoms with Crippen LogP contribution >= 0.6 is 22.9 Å². The monoisotopic (exact) mass is 470 g/mol. The van der Waals surface area contributed by atoms with Gasteiger partial charge in [0.2, 0.25) is 0 Å². The molecule has 0 aliphatic heterocycles. The Kier molecular flexibility index (Phi) is 6.62. The number of halogens is 1. The summed E-state index contributed by atoms with van der Waals surface area (Å²) in [5.41, 5.74) is 2.33. The van der Waals surface area contributed by atoms with E-state index >= 15 is 0 Å². The van der Waals surface area contributed by atoms with Crippen molar-refractivity contribution in [2.45, 2.75) is 19.9 Å². The van der Waals surface area contributed by atoms with Gasteiger partial charge in [-0.25, -0.2) is 9.97 Å². The van der Waals surface area contributed by atoms with Gasteiger partial charge in [0.05, 0.1) is 30.8 Å². The molecule has 0 saturated carbocycles. The van der Waals surface area contributed by atoms with Crippen molar-refractivity contribution >= 4 is 44.2 Å². The summed E-state index contributed by atoms with van der Waals surface area (Å²) in [7, 11) is 3.12. The standard InChI is InChI=1S/C23H23ClN4O3S/c1-15-11-17(24)13-20-21(15)26-23(32-20)28(9-4-8-27-10-7-25-14-27)22(29)16-5-6-18(30-2)19(12-16)31-3/h5-7,10-14H,4,8-9H2,1-3H3. The highest BCUT2D eigenvalue weighted by Gasteiger charge is 2.23. The van der Waals surface area contributed by atoms with E-state index in [1.165, 1.54) is 11.3 Å². The second-order valence-electron chi connectivity index (χ2n) is 7.25. The quantitative estimate of drug-likeness (QED) is 0.353. The highest BCUT2D eigenvalue weighted by molar-refractivity contribution is 7.22. The number of benzene rings is 2. The molecule has 2 aromatic carbocycles. The Bertz CT molecular complexity index is 1240. The van der Waals surface area contributed by atoms with Crippen molar-refractivity contribution in [1.29, 1.82) is 0 Å². The van der Waals surface area contributed by atoms with Crippen LogP contribution in [0.1, 0.15) is 22.3 Å². The minimum Gasteiger partial charge on any atom is -0.493 e. The van der Waals surface area contributed by atoms with Gasteiger partial charge >= 0.3 is 0 Å². The number of amides is 1. The van der Waals surface area contributed by atoms with Gasteiger partial charge in [0.15, 0.2) is 16.6 Å². The molecule has 0 N–H and O–H groups in total. The highest BCUT2D eigenvalue weighted by Crippen LogP contribution is 2.34. The van der Waals surface area contributed by atoms with Gasteiger partial charge in [0.25, 0.3) is 5.91 Å². The Hall–Kier alpha value is -3.10. The Morgan fingerprint density at radius 1 is 1.19 bits per heavy atom. The molecule has 0 aliphatic rings. The first-order valence-electron chi connectivity index (χ1n) is 10.1. The zero-order valence-corrected chi connectivity index (χ0v) is 19.6. The molecular weight excluding hydrogens is 448 g/mol. The van der Waals surface area contributed by atoms with E-state index in [4.69, 9.17) is 26.1 Å². The zero-order valence-electron chi connectivity index (χ0n) is 18.0. The van der Waals surface area contributed by atoms with Crippen LogP contribution in [-0.2, 0) is 6.54 Å². The lowest BCUT2D eigenvalue weighted by Crippen LogP contribution is -2.32. The molecule has 0 spiro atoms. The van der Waals surface area contributed by atoms with Crippen molar-refractivity contribution in [3.05, 3.63) is 65.2 Å². The predicted molar refractivity (Wildman–Crippen MR) is 127 cm³/mol. The second kappa shape index (κ2) is 9.58. The van der Waals surface area contributed by atoms with Crippen LogP contribution in [-0.4, -0.2) is 41.2 Å². The number of aromatic nitrogens is 3. The first-order chi connectivity index (χ1) is 15.5. The summed E-state index contributed by atoms with van der Waals surface area (Å²) in [6.07, 6.45) is 6.16. The van der Waals surface area contributed by atoms with E-state index < -0.39 is 0 Å². The van der Waals surface area contributed by atoms with Crippen LogP contribution in [0.3, 0.4) is 0 Å². The molecule has 166 valence electrons. The van der Waals surface area contributed by atoms with Crippen molar-refractivity contribution in [3.63, 3.8) is 0 Å². The van der Waals surface area contributed by atoms with Crippen molar-refractivity contribution in [3.8, 4) is 11.5 Å². The Balaban J connectivity index is 1.68. The van der Waals surface area contributed by atoms with E-state index in [0.717, 1.165) is 28.7 Å². The van der Waals surface area contributed by atoms with E-state index in [2.05, 4.69) is 4.98 Å². The lowest BCUT2D eigenvalue weighted by Gasteiger charge is -2.20. The van der Waals surface area contributed by atoms with E-state index in [1.54, 1.807) is 49.8 Å². The fourth-order valence-corrected chi connectivity index (χ4v) is 4.94. The summed E-state index contributed by atoms with van der Waals surface area (Å²) in [6.45, 7) is 3.21. The van der Waals surface area contributed by atoms with Crippen LogP contribution in [0.15, 0.2) is 49.1 Å². The molecule has 0 aliphatic carbocycles. The van der Waals surface area contributed by atoms with Crippen LogP contribution in [0.2, 0.25) is 5.02 Å². The van der Waals surface area contributed by atoms with Gasteiger partial charge in [0, 0.05) is 36.1 Å². The first-order valence-corrected chi connectivity index (χ1v) is 11.3. The number of methoxy groups -OCH3 is 2. The highest BCUT2D eigenvalue weighted by atomic mass is 35.5. The number of imidazole rings is 1. The fourth-order valence-electron chi connectivity index (χ4n) is 3.50. The molecule has 7 nitrogen and oxygen atoms in total. The normalized spacial score (nSPS) is 11.0. The van der Waals surface area contributed by atoms with E-state index in [0.29, 0.717) is 33.8 Å². The number of hydrogen-bond acceptors (Lipinski definition) is 6. The number of anilines is 1. The van der Waals surface area contributed by atoms with E-state index in [1.807, 2.05) is 29.8 Å². The molecular formula is C23H23ClN4O3S. The number of hydrogen-bond donors (Lipinski definition) is 0. The van der Waals surface area contributed by atoms with Gasteiger partial charge in [0.1, 0.15) is 0 Å². The summed E-state index contributed by atoms with van der Waals surface area (Å²) in [4.78, 5) is 24.2. The molecule has 0 atom stereocenters. The molecule has 1 amide bonds. The third kappa shape index (κ3) is 4.56. The number of carbonyl (C=O) groups excluding carboxylic acids is 1. The predicted octanol–water partition coefficient (Wildman–Crippen LogP) is 5.21. The number of nitrogens with zero attached hydrogens (tertiary/aromatic N) is 4. The number of thiazole rings is 1. The summed E-state index contributed by atoms with van der Waals surface area (Å²) in [5, 5.41) is 1.29. The molecule has 0 bridgehead atoms. The van der Waals surface area contributed by atoms with Crippen LogP contribution in [0, 0.1) is 6.92 Å². The maximum atomic E-state index is 13.6. The van der Waals surface area contributed by atoms with Crippen LogP contribution < -0.4 is 14.4 Å². The topological polar surface area (TPSA) is 69.5 Å². The van der Waals surface area contributed by atoms with Crippen molar-refractivity contribution in [2.75, 3.05) is 25.7 Å². The average molecular weight is 471 g/mol. The maximum absolute atomic E-state index is 13.6. The van der Waals surface area contributed by atoms with E-state index in [9.17, 15) is 4.79 Å². The van der Waals surface area contributed by atoms with Gasteiger partial charge in [-0.15, -0.1) is 0 Å². The van der Waals surface area contributed by atoms with Crippen LogP contribution in [0.25, 0.3) is 10.2 Å². The number of rotatable bonds is 8. The van der Waals surface area contributed by atoms with Crippen LogP contribution in [0.5, 0.6) is 11.5 Å². The fraction of sp³-hybridized carbons (Fsp3) is 0.261. The molecule has 32 heavy (non-hydrogen) atoms. The molecule has 4 aromatic rings. The summed E-state index contributed by atoms with van der Waals surface area (Å²) < 4.78 is 13.6. The van der Waals surface area contributed by atoms with Gasteiger partial charge in [-0.3, -0.25) is 9.69 Å². The SMILES string of the molecule is COc1ccc(C(=O)N(CCCn2ccnc2)c2nc3c(C)cc(Cl)cc3s2)cc1OC. The Morgan fingerprint density at radius 3 is 2.72 bits per heavy atom. The number of ether oxygens (including phenoxy) is 2. The number of carbonyl (C=O) groups is 1. The average Bonchev–Trinajstić information content (AvgIpc) is 3.45. The molecule has 0 saturated heterocycles. The van der Waals surface area contributed by atoms with Crippen molar-refractivity contribution < 1.29 is 14.3 Å². The number of fused-ring (bicyclic) bond motifs is 1. The number of aryl methyl sites for hydroxylation is 2. The summed E-state index contributed by atoms with van der Waals surface area (Å²) in [6, 6.07) is 8.93. The minimum absolute atomic E-state index is 0.153. The largest absolute Gasteiger partial charge is 0.493 e. The Morgan fingerprint density at radius 2 is 2.00 bits per heavy atom. The second-order valence-corrected chi connectivity index (χ2v) is 8.69. The third-order valence-corrected chi connectivity index (χ3v) is 6.35. The molecule has 4 rings (SSSR count). The van der Waals surface area contributed by atoms with Crippen molar-refractivity contribution in [2.24, 2.45) is 0 Å². The minimum atomic E-state index is -0.153.